The lowest BCUT2D eigenvalue weighted by molar-refractivity contribution is -0.136. The number of esters is 1. The van der Waals surface area contributed by atoms with Crippen LogP contribution in [0.4, 0.5) is 0 Å². The van der Waals surface area contributed by atoms with E-state index in [2.05, 4.69) is 15.0 Å². The van der Waals surface area contributed by atoms with Gasteiger partial charge in [-0.25, -0.2) is 9.78 Å². The lowest BCUT2D eigenvalue weighted by Gasteiger charge is -1.98. The summed E-state index contributed by atoms with van der Waals surface area (Å²) in [5.74, 6) is -1.76. The topological polar surface area (TPSA) is 85.4 Å². The minimum absolute atomic E-state index is 0.125. The molecular weight excluding hydrogens is 232 g/mol. The van der Waals surface area contributed by atoms with Crippen molar-refractivity contribution in [2.24, 2.45) is 0 Å². The third kappa shape index (κ3) is 3.13. The number of aromatic nitrogens is 1. The summed E-state index contributed by atoms with van der Waals surface area (Å²) in [6.45, 7) is 1.30. The maximum Gasteiger partial charge on any atom is 0.357 e. The largest absolute Gasteiger partial charge is 0.464 e. The van der Waals surface area contributed by atoms with E-state index in [4.69, 9.17) is 0 Å². The van der Waals surface area contributed by atoms with Crippen LogP contribution in [0.15, 0.2) is 5.38 Å². The van der Waals surface area contributed by atoms with E-state index in [1.54, 1.807) is 0 Å². The molecule has 0 atom stereocenters. The van der Waals surface area contributed by atoms with Gasteiger partial charge in [0.15, 0.2) is 5.69 Å². The van der Waals surface area contributed by atoms with Crippen molar-refractivity contribution in [3.8, 4) is 0 Å². The minimum atomic E-state index is -0.671. The van der Waals surface area contributed by atoms with E-state index in [0.29, 0.717) is 5.01 Å². The maximum atomic E-state index is 11.1. The Bertz CT molecular complexity index is 427. The van der Waals surface area contributed by atoms with E-state index in [0.717, 1.165) is 0 Å². The summed E-state index contributed by atoms with van der Waals surface area (Å²) in [5, 5.41) is 4.44. The van der Waals surface area contributed by atoms with Crippen LogP contribution in [0.2, 0.25) is 0 Å². The number of Topliss-reactive ketones (excluding diaryl/α,β-unsaturated/α-hetero) is 1. The highest BCUT2D eigenvalue weighted by atomic mass is 32.1. The van der Waals surface area contributed by atoms with E-state index < -0.39 is 17.7 Å². The van der Waals surface area contributed by atoms with Gasteiger partial charge in [-0.1, -0.05) is 0 Å². The predicted molar refractivity (Wildman–Crippen MR) is 56.0 cm³/mol. The van der Waals surface area contributed by atoms with Crippen LogP contribution in [-0.2, 0) is 20.9 Å². The Kier molecular flexibility index (Phi) is 4.12. The Morgan fingerprint density at radius 3 is 2.75 bits per heavy atom. The number of ether oxygens (including phenoxy) is 1. The van der Waals surface area contributed by atoms with Crippen molar-refractivity contribution in [2.45, 2.75) is 13.5 Å². The van der Waals surface area contributed by atoms with Gasteiger partial charge in [-0.3, -0.25) is 9.59 Å². The van der Waals surface area contributed by atoms with Gasteiger partial charge in [-0.05, 0) is 0 Å². The van der Waals surface area contributed by atoms with Gasteiger partial charge in [0.25, 0.3) is 5.91 Å². The van der Waals surface area contributed by atoms with Crippen LogP contribution in [-0.4, -0.2) is 29.8 Å². The molecule has 1 heterocycles. The van der Waals surface area contributed by atoms with Crippen LogP contribution in [0.25, 0.3) is 0 Å². The van der Waals surface area contributed by atoms with Crippen molar-refractivity contribution in [3.63, 3.8) is 0 Å². The lowest BCUT2D eigenvalue weighted by atomic mass is 10.4. The Hall–Kier alpha value is -1.76. The molecule has 0 aliphatic rings. The van der Waals surface area contributed by atoms with Crippen LogP contribution in [0.5, 0.6) is 0 Å². The summed E-state index contributed by atoms with van der Waals surface area (Å²) < 4.78 is 4.48. The molecule has 1 rings (SSSR count). The van der Waals surface area contributed by atoms with Gasteiger partial charge in [0, 0.05) is 12.3 Å². The van der Waals surface area contributed by atoms with Crippen LogP contribution in [0, 0.1) is 0 Å². The van der Waals surface area contributed by atoms with E-state index in [9.17, 15) is 14.4 Å². The van der Waals surface area contributed by atoms with Gasteiger partial charge in [0.2, 0.25) is 5.78 Å². The normalized spacial score (nSPS) is 9.62. The van der Waals surface area contributed by atoms with Gasteiger partial charge in [0.1, 0.15) is 5.01 Å². The number of ketones is 1. The molecule has 0 aromatic carbocycles. The van der Waals surface area contributed by atoms with E-state index in [1.807, 2.05) is 0 Å². The molecule has 0 aliphatic carbocycles. The number of nitrogens with one attached hydrogen (secondary N) is 1. The molecule has 7 heteroatoms. The number of carbonyl (C=O) groups is 3. The Morgan fingerprint density at radius 1 is 1.50 bits per heavy atom. The highest BCUT2D eigenvalue weighted by Gasteiger charge is 2.12. The third-order valence-corrected chi connectivity index (χ3v) is 2.52. The fourth-order valence-electron chi connectivity index (χ4n) is 0.871. The third-order valence-electron chi connectivity index (χ3n) is 1.67. The number of nitrogens with zero attached hydrogens (tertiary/aromatic N) is 1. The highest BCUT2D eigenvalue weighted by molar-refractivity contribution is 7.09. The second-order valence-electron chi connectivity index (χ2n) is 2.86. The lowest BCUT2D eigenvalue weighted by Crippen LogP contribution is -2.28. The number of hydrogen-bond acceptors (Lipinski definition) is 6. The minimum Gasteiger partial charge on any atom is -0.464 e. The average molecular weight is 242 g/mol. The molecule has 1 aromatic rings. The average Bonchev–Trinajstić information content (AvgIpc) is 2.73. The molecule has 1 amide bonds. The summed E-state index contributed by atoms with van der Waals surface area (Å²) in [5.41, 5.74) is 0.194. The van der Waals surface area contributed by atoms with Crippen LogP contribution < -0.4 is 5.32 Å². The molecule has 16 heavy (non-hydrogen) atoms. The Labute approximate surface area is 95.6 Å². The fourth-order valence-corrected chi connectivity index (χ4v) is 1.57. The summed E-state index contributed by atoms with van der Waals surface area (Å²) in [4.78, 5) is 36.5. The molecule has 0 saturated carbocycles. The number of carbonyl (C=O) groups excluding carboxylic acids is 3. The summed E-state index contributed by atoms with van der Waals surface area (Å²) >= 11 is 1.21. The quantitative estimate of drug-likeness (QED) is 0.599. The monoisotopic (exact) mass is 242 g/mol. The number of methoxy groups -OCH3 is 1. The predicted octanol–water partition coefficient (Wildman–Crippen LogP) is 0.135. The van der Waals surface area contributed by atoms with Crippen molar-refractivity contribution in [1.82, 2.24) is 10.3 Å². The molecular formula is C9H10N2O4S. The van der Waals surface area contributed by atoms with Crippen molar-refractivity contribution in [1.29, 1.82) is 0 Å². The molecule has 1 N–H and O–H groups in total. The molecule has 0 spiro atoms. The zero-order valence-electron chi connectivity index (χ0n) is 8.77. The molecule has 6 nitrogen and oxygen atoms in total. The number of thiazole rings is 1. The molecule has 0 unspecified atom stereocenters. The van der Waals surface area contributed by atoms with Crippen molar-refractivity contribution < 1.29 is 19.1 Å². The highest BCUT2D eigenvalue weighted by Crippen LogP contribution is 2.10. The van der Waals surface area contributed by atoms with Gasteiger partial charge >= 0.3 is 5.97 Å². The SMILES string of the molecule is COC(=O)c1csc(CNC(=O)C(C)=O)n1. The van der Waals surface area contributed by atoms with Crippen LogP contribution in [0.1, 0.15) is 22.4 Å². The Balaban J connectivity index is 2.56. The van der Waals surface area contributed by atoms with Gasteiger partial charge in [0.05, 0.1) is 13.7 Å². The first kappa shape index (κ1) is 12.3. The first-order valence-corrected chi connectivity index (χ1v) is 5.24. The molecule has 0 fully saturated rings. The molecule has 1 aromatic heterocycles. The number of rotatable bonds is 4. The summed E-state index contributed by atoms with van der Waals surface area (Å²) in [7, 11) is 1.26. The summed E-state index contributed by atoms with van der Waals surface area (Å²) in [6.07, 6.45) is 0. The second-order valence-corrected chi connectivity index (χ2v) is 3.80. The standard InChI is InChI=1S/C9H10N2O4S/c1-5(12)8(13)10-3-7-11-6(4-16-7)9(14)15-2/h4H,3H2,1-2H3,(H,10,13). The number of amides is 1. The zero-order valence-corrected chi connectivity index (χ0v) is 9.59. The maximum absolute atomic E-state index is 11.1. The zero-order chi connectivity index (χ0) is 12.1. The second kappa shape index (κ2) is 5.36. The van der Waals surface area contributed by atoms with Crippen molar-refractivity contribution >= 4 is 29.0 Å². The van der Waals surface area contributed by atoms with E-state index in [1.165, 1.54) is 30.8 Å². The smallest absolute Gasteiger partial charge is 0.357 e. The number of hydrogen-bond donors (Lipinski definition) is 1. The van der Waals surface area contributed by atoms with Crippen molar-refractivity contribution in [3.05, 3.63) is 16.1 Å². The molecule has 86 valence electrons. The van der Waals surface area contributed by atoms with Gasteiger partial charge in [-0.2, -0.15) is 0 Å². The van der Waals surface area contributed by atoms with Gasteiger partial charge in [-0.15, -0.1) is 11.3 Å². The molecule has 0 radical (unpaired) electrons. The first-order valence-electron chi connectivity index (χ1n) is 4.36. The van der Waals surface area contributed by atoms with E-state index >= 15 is 0 Å². The molecule has 0 saturated heterocycles. The Morgan fingerprint density at radius 2 is 2.19 bits per heavy atom. The first-order chi connectivity index (χ1) is 7.54. The van der Waals surface area contributed by atoms with Crippen LogP contribution in [0.3, 0.4) is 0 Å². The van der Waals surface area contributed by atoms with Gasteiger partial charge < -0.3 is 10.1 Å². The van der Waals surface area contributed by atoms with Crippen molar-refractivity contribution in [2.75, 3.05) is 7.11 Å². The molecule has 0 bridgehead atoms. The summed E-state index contributed by atoms with van der Waals surface area (Å²) in [6, 6.07) is 0. The fraction of sp³-hybridized carbons (Fsp3) is 0.333. The van der Waals surface area contributed by atoms with Crippen LogP contribution >= 0.6 is 11.3 Å². The van der Waals surface area contributed by atoms with E-state index in [-0.39, 0.29) is 12.2 Å². The molecule has 0 aliphatic heterocycles.